The van der Waals surface area contributed by atoms with E-state index in [1.54, 1.807) is 29.4 Å². The molecule has 4 rings (SSSR count). The van der Waals surface area contributed by atoms with Crippen molar-refractivity contribution >= 4 is 17.5 Å². The molecule has 1 aliphatic carbocycles. The third-order valence-electron chi connectivity index (χ3n) is 6.80. The van der Waals surface area contributed by atoms with Crippen molar-refractivity contribution in [3.63, 3.8) is 0 Å². The second-order valence-corrected chi connectivity index (χ2v) is 9.40. The molecule has 6 nitrogen and oxygen atoms in total. The van der Waals surface area contributed by atoms with E-state index < -0.39 is 17.4 Å². The van der Waals surface area contributed by atoms with Crippen LogP contribution in [-0.4, -0.2) is 34.3 Å². The predicted molar refractivity (Wildman–Crippen MR) is 121 cm³/mol. The second kappa shape index (κ2) is 8.98. The quantitative estimate of drug-likeness (QED) is 0.688. The normalized spacial score (nSPS) is 22.4. The van der Waals surface area contributed by atoms with Gasteiger partial charge in [0.1, 0.15) is 11.9 Å². The molecule has 32 heavy (non-hydrogen) atoms. The lowest BCUT2D eigenvalue weighted by Gasteiger charge is -2.31. The van der Waals surface area contributed by atoms with Crippen molar-refractivity contribution in [1.82, 2.24) is 9.88 Å². The number of carbonyl (C=O) groups excluding carboxylic acids is 2. The van der Waals surface area contributed by atoms with Crippen molar-refractivity contribution in [2.75, 3.05) is 11.9 Å². The fourth-order valence-electron chi connectivity index (χ4n) is 4.70. The van der Waals surface area contributed by atoms with Gasteiger partial charge in [0, 0.05) is 25.9 Å². The number of rotatable bonds is 7. The average molecular weight is 439 g/mol. The third-order valence-corrected chi connectivity index (χ3v) is 6.80. The summed E-state index contributed by atoms with van der Waals surface area (Å²) in [6.45, 7) is 3.99. The van der Waals surface area contributed by atoms with Gasteiger partial charge in [-0.2, -0.15) is 0 Å². The molecular weight excluding hydrogens is 407 g/mol. The number of nitrogens with one attached hydrogen (secondary N) is 1. The number of aromatic nitrogens is 1. The van der Waals surface area contributed by atoms with E-state index in [0.717, 1.165) is 24.0 Å². The van der Waals surface area contributed by atoms with Gasteiger partial charge >= 0.3 is 0 Å². The first kappa shape index (κ1) is 22.4. The minimum Gasteiger partial charge on any atom is -0.331 e. The van der Waals surface area contributed by atoms with Gasteiger partial charge in [0.15, 0.2) is 0 Å². The number of nitrogens with zero attached hydrogens (tertiary/aromatic N) is 2. The average Bonchev–Trinajstić information content (AvgIpc) is 3.53. The Labute approximate surface area is 188 Å². The fraction of sp³-hybridized carbons (Fsp3) is 0.480. The number of hydrogen-bond acceptors (Lipinski definition) is 4. The SMILES string of the molecule is CC(=O)N1C[C@H](C)C[C@@H]1C(=O)Nc1cc(C(N)(CCC2CC2)c2ccncc2)ccc1F. The zero-order valence-corrected chi connectivity index (χ0v) is 18.7. The summed E-state index contributed by atoms with van der Waals surface area (Å²) in [6.07, 6.45) is 8.14. The van der Waals surface area contributed by atoms with E-state index in [4.69, 9.17) is 5.73 Å². The number of benzene rings is 1. The molecule has 2 amide bonds. The molecule has 1 unspecified atom stereocenters. The van der Waals surface area contributed by atoms with E-state index in [-0.39, 0.29) is 23.4 Å². The molecule has 170 valence electrons. The van der Waals surface area contributed by atoms with Crippen molar-refractivity contribution in [2.24, 2.45) is 17.6 Å². The zero-order valence-electron chi connectivity index (χ0n) is 18.7. The largest absolute Gasteiger partial charge is 0.331 e. The van der Waals surface area contributed by atoms with Gasteiger partial charge in [0.05, 0.1) is 11.2 Å². The van der Waals surface area contributed by atoms with Crippen LogP contribution >= 0.6 is 0 Å². The Balaban J connectivity index is 1.61. The lowest BCUT2D eigenvalue weighted by Crippen LogP contribution is -2.42. The topological polar surface area (TPSA) is 88.3 Å². The Morgan fingerprint density at radius 3 is 2.59 bits per heavy atom. The summed E-state index contributed by atoms with van der Waals surface area (Å²) >= 11 is 0. The summed E-state index contributed by atoms with van der Waals surface area (Å²) in [6, 6.07) is 7.86. The maximum atomic E-state index is 14.7. The minimum atomic E-state index is -0.813. The Morgan fingerprint density at radius 2 is 1.94 bits per heavy atom. The van der Waals surface area contributed by atoms with Gasteiger partial charge in [0.2, 0.25) is 11.8 Å². The Hall–Kier alpha value is -2.80. The smallest absolute Gasteiger partial charge is 0.247 e. The van der Waals surface area contributed by atoms with Gasteiger partial charge in [-0.15, -0.1) is 0 Å². The molecule has 3 N–H and O–H groups in total. The molecule has 0 radical (unpaired) electrons. The molecule has 2 fully saturated rings. The van der Waals surface area contributed by atoms with Crippen molar-refractivity contribution in [2.45, 2.75) is 57.5 Å². The third kappa shape index (κ3) is 4.67. The highest BCUT2D eigenvalue weighted by atomic mass is 19.1. The van der Waals surface area contributed by atoms with Crippen LogP contribution in [0.1, 0.15) is 57.1 Å². The summed E-state index contributed by atoms with van der Waals surface area (Å²) in [5, 5.41) is 2.72. The molecule has 0 spiro atoms. The number of carbonyl (C=O) groups is 2. The van der Waals surface area contributed by atoms with Gasteiger partial charge in [-0.05, 0) is 66.5 Å². The number of pyridine rings is 1. The van der Waals surface area contributed by atoms with E-state index >= 15 is 0 Å². The van der Waals surface area contributed by atoms with Gasteiger partial charge in [-0.1, -0.05) is 25.8 Å². The van der Waals surface area contributed by atoms with E-state index in [1.165, 1.54) is 25.8 Å². The summed E-state index contributed by atoms with van der Waals surface area (Å²) in [5.74, 6) is -0.132. The summed E-state index contributed by atoms with van der Waals surface area (Å²) in [7, 11) is 0. The second-order valence-electron chi connectivity index (χ2n) is 9.40. The van der Waals surface area contributed by atoms with Gasteiger partial charge < -0.3 is 16.0 Å². The Morgan fingerprint density at radius 1 is 1.22 bits per heavy atom. The predicted octanol–water partition coefficient (Wildman–Crippen LogP) is 3.81. The van der Waals surface area contributed by atoms with E-state index in [1.807, 2.05) is 19.1 Å². The molecule has 1 aromatic carbocycles. The number of nitrogens with two attached hydrogens (primary N) is 1. The molecule has 3 atom stereocenters. The molecule has 2 aliphatic rings. The first-order valence-electron chi connectivity index (χ1n) is 11.4. The Bertz CT molecular complexity index is 995. The number of amides is 2. The highest BCUT2D eigenvalue weighted by molar-refractivity contribution is 5.97. The van der Waals surface area contributed by atoms with Crippen LogP contribution in [0.3, 0.4) is 0 Å². The van der Waals surface area contributed by atoms with Gasteiger partial charge in [0.25, 0.3) is 0 Å². The van der Waals surface area contributed by atoms with Crippen LogP contribution < -0.4 is 11.1 Å². The molecule has 0 bridgehead atoms. The van der Waals surface area contributed by atoms with E-state index in [2.05, 4.69) is 10.3 Å². The van der Waals surface area contributed by atoms with Crippen LogP contribution in [-0.2, 0) is 15.1 Å². The summed E-state index contributed by atoms with van der Waals surface area (Å²) < 4.78 is 14.7. The van der Waals surface area contributed by atoms with Gasteiger partial charge in [-0.3, -0.25) is 14.6 Å². The summed E-state index contributed by atoms with van der Waals surface area (Å²) in [4.78, 5) is 30.6. The highest BCUT2D eigenvalue weighted by Gasteiger charge is 2.37. The van der Waals surface area contributed by atoms with Crippen LogP contribution in [0.15, 0.2) is 42.7 Å². The molecule has 7 heteroatoms. The fourth-order valence-corrected chi connectivity index (χ4v) is 4.70. The molecular formula is C25H31FN4O2. The van der Waals surface area contributed by atoms with E-state index in [9.17, 15) is 14.0 Å². The van der Waals surface area contributed by atoms with Crippen LogP contribution in [0.25, 0.3) is 0 Å². The molecule has 1 saturated heterocycles. The molecule has 2 aromatic rings. The first-order valence-corrected chi connectivity index (χ1v) is 11.4. The standard InChI is InChI=1S/C25H31FN4O2/c1-16-13-23(30(15-16)17(2)31)24(32)29-22-14-20(5-6-21(22)26)25(27,10-7-18-3-4-18)19-8-11-28-12-9-19/h5-6,8-9,11-12,14,16,18,23H,3-4,7,10,13,15,27H2,1-2H3,(H,29,32)/t16-,23-,25?/m1/s1. The van der Waals surface area contributed by atoms with Crippen molar-refractivity contribution in [3.8, 4) is 0 Å². The molecule has 1 aliphatic heterocycles. The van der Waals surface area contributed by atoms with Gasteiger partial charge in [-0.25, -0.2) is 4.39 Å². The highest BCUT2D eigenvalue weighted by Crippen LogP contribution is 2.40. The molecule has 2 heterocycles. The van der Waals surface area contributed by atoms with Crippen molar-refractivity contribution in [1.29, 1.82) is 0 Å². The van der Waals surface area contributed by atoms with E-state index in [0.29, 0.717) is 18.9 Å². The summed E-state index contributed by atoms with van der Waals surface area (Å²) in [5.41, 5.74) is 7.87. The van der Waals surface area contributed by atoms with Crippen LogP contribution in [0, 0.1) is 17.7 Å². The monoisotopic (exact) mass is 438 g/mol. The molecule has 1 aromatic heterocycles. The van der Waals surface area contributed by atoms with Crippen molar-refractivity contribution < 1.29 is 14.0 Å². The number of likely N-dealkylation sites (tertiary alicyclic amines) is 1. The maximum absolute atomic E-state index is 14.7. The van der Waals surface area contributed by atoms with Crippen LogP contribution in [0.4, 0.5) is 10.1 Å². The lowest BCUT2D eigenvalue weighted by molar-refractivity contribution is -0.134. The Kier molecular flexibility index (Phi) is 6.29. The minimum absolute atomic E-state index is 0.0888. The number of anilines is 1. The van der Waals surface area contributed by atoms with Crippen molar-refractivity contribution in [3.05, 3.63) is 59.7 Å². The zero-order chi connectivity index (χ0) is 22.9. The maximum Gasteiger partial charge on any atom is 0.247 e. The number of halogens is 1. The molecule has 1 saturated carbocycles. The lowest BCUT2D eigenvalue weighted by atomic mass is 9.79. The first-order chi connectivity index (χ1) is 15.3. The van der Waals surface area contributed by atoms with Crippen LogP contribution in [0.2, 0.25) is 0 Å². The number of hydrogen-bond donors (Lipinski definition) is 2. The van der Waals surface area contributed by atoms with Crippen LogP contribution in [0.5, 0.6) is 0 Å².